The molecule has 1 aliphatic rings. The average Bonchev–Trinajstić information content (AvgIpc) is 3.21. The lowest BCUT2D eigenvalue weighted by atomic mass is 10.3. The van der Waals surface area contributed by atoms with E-state index in [0.29, 0.717) is 5.95 Å². The van der Waals surface area contributed by atoms with E-state index in [2.05, 4.69) is 30.2 Å². The second kappa shape index (κ2) is 6.95. The zero-order valence-electron chi connectivity index (χ0n) is 15.1. The first-order valence-corrected chi connectivity index (χ1v) is 9.49. The van der Waals surface area contributed by atoms with Gasteiger partial charge >= 0.3 is 0 Å². The van der Waals surface area contributed by atoms with Crippen LogP contribution >= 0.6 is 11.3 Å². The first-order chi connectivity index (χ1) is 12.6. The molecule has 1 N–H and O–H groups in total. The number of aromatic nitrogens is 5. The van der Waals surface area contributed by atoms with Gasteiger partial charge < -0.3 is 10.2 Å². The van der Waals surface area contributed by atoms with Crippen LogP contribution < -0.4 is 10.2 Å². The quantitative estimate of drug-likeness (QED) is 0.759. The molecular formula is C18H21N7S. The normalized spacial score (nSPS) is 16.9. The van der Waals surface area contributed by atoms with E-state index in [4.69, 9.17) is 4.98 Å². The fraction of sp³-hybridized carbons (Fsp3) is 0.389. The molecule has 4 heterocycles. The van der Waals surface area contributed by atoms with Crippen molar-refractivity contribution in [2.45, 2.75) is 33.2 Å². The van der Waals surface area contributed by atoms with Gasteiger partial charge in [-0.05, 0) is 39.3 Å². The molecule has 8 heteroatoms. The minimum Gasteiger partial charge on any atom is -0.350 e. The molecule has 0 bridgehead atoms. The Kier molecular flexibility index (Phi) is 4.50. The Balaban J connectivity index is 1.49. The third-order valence-corrected chi connectivity index (χ3v) is 5.47. The van der Waals surface area contributed by atoms with Crippen LogP contribution in [0.4, 0.5) is 11.9 Å². The SMILES string of the molecule is Cc1ccnc(NC2CCN(c3nccc(-c4sc(C)nc4C)n3)C2)n1. The van der Waals surface area contributed by atoms with E-state index >= 15 is 0 Å². The molecule has 0 radical (unpaired) electrons. The molecule has 0 aliphatic carbocycles. The molecule has 3 aromatic heterocycles. The van der Waals surface area contributed by atoms with Crippen molar-refractivity contribution in [3.63, 3.8) is 0 Å². The molecule has 1 fully saturated rings. The minimum atomic E-state index is 0.288. The number of anilines is 2. The van der Waals surface area contributed by atoms with Crippen molar-refractivity contribution in [2.75, 3.05) is 23.3 Å². The fourth-order valence-electron chi connectivity index (χ4n) is 3.16. The summed E-state index contributed by atoms with van der Waals surface area (Å²) in [6.07, 6.45) is 4.61. The molecule has 4 rings (SSSR count). The van der Waals surface area contributed by atoms with Gasteiger partial charge in [0.2, 0.25) is 11.9 Å². The molecule has 134 valence electrons. The van der Waals surface area contributed by atoms with Crippen molar-refractivity contribution < 1.29 is 0 Å². The van der Waals surface area contributed by atoms with Gasteiger partial charge in [0, 0.05) is 37.2 Å². The summed E-state index contributed by atoms with van der Waals surface area (Å²) < 4.78 is 0. The van der Waals surface area contributed by atoms with Crippen LogP contribution in [0.5, 0.6) is 0 Å². The highest BCUT2D eigenvalue weighted by Gasteiger charge is 2.25. The molecule has 0 aromatic carbocycles. The highest BCUT2D eigenvalue weighted by atomic mass is 32.1. The van der Waals surface area contributed by atoms with Gasteiger partial charge in [0.15, 0.2) is 0 Å². The van der Waals surface area contributed by atoms with E-state index in [9.17, 15) is 0 Å². The zero-order valence-corrected chi connectivity index (χ0v) is 15.9. The maximum atomic E-state index is 4.78. The highest BCUT2D eigenvalue weighted by molar-refractivity contribution is 7.15. The second-order valence-corrected chi connectivity index (χ2v) is 7.69. The summed E-state index contributed by atoms with van der Waals surface area (Å²) in [6.45, 7) is 7.76. The lowest BCUT2D eigenvalue weighted by Crippen LogP contribution is -2.28. The third-order valence-electron chi connectivity index (χ3n) is 4.38. The van der Waals surface area contributed by atoms with Crippen molar-refractivity contribution >= 4 is 23.2 Å². The summed E-state index contributed by atoms with van der Waals surface area (Å²) in [5.41, 5.74) is 2.93. The molecule has 1 aliphatic heterocycles. The van der Waals surface area contributed by atoms with Gasteiger partial charge in [-0.15, -0.1) is 11.3 Å². The van der Waals surface area contributed by atoms with Crippen LogP contribution in [0.1, 0.15) is 22.8 Å². The lowest BCUT2D eigenvalue weighted by Gasteiger charge is -2.17. The maximum absolute atomic E-state index is 4.78. The van der Waals surface area contributed by atoms with Crippen LogP contribution in [0.2, 0.25) is 0 Å². The molecule has 3 aromatic rings. The summed E-state index contributed by atoms with van der Waals surface area (Å²) in [6, 6.07) is 4.14. The van der Waals surface area contributed by atoms with Crippen molar-refractivity contribution in [1.82, 2.24) is 24.9 Å². The predicted octanol–water partition coefficient (Wildman–Crippen LogP) is 3.01. The topological polar surface area (TPSA) is 79.7 Å². The standard InChI is InChI=1S/C18H21N7S/c1-11-4-7-19-17(21-11)23-14-6-9-25(10-14)18-20-8-5-15(24-18)16-12(2)22-13(3)26-16/h4-5,7-8,14H,6,9-10H2,1-3H3,(H,19,21,23). The maximum Gasteiger partial charge on any atom is 0.225 e. The van der Waals surface area contributed by atoms with E-state index in [-0.39, 0.29) is 6.04 Å². The Labute approximate surface area is 156 Å². The van der Waals surface area contributed by atoms with E-state index in [1.807, 2.05) is 39.1 Å². The molecular weight excluding hydrogens is 346 g/mol. The van der Waals surface area contributed by atoms with Crippen LogP contribution in [0.25, 0.3) is 10.6 Å². The Morgan fingerprint density at radius 1 is 1.08 bits per heavy atom. The number of nitrogens with one attached hydrogen (secondary N) is 1. The van der Waals surface area contributed by atoms with Crippen molar-refractivity contribution in [3.05, 3.63) is 40.9 Å². The Morgan fingerprint density at radius 3 is 2.69 bits per heavy atom. The number of hydrogen-bond acceptors (Lipinski definition) is 8. The molecule has 1 unspecified atom stereocenters. The summed E-state index contributed by atoms with van der Waals surface area (Å²) in [5, 5.41) is 4.47. The van der Waals surface area contributed by atoms with Crippen LogP contribution in [0.15, 0.2) is 24.5 Å². The van der Waals surface area contributed by atoms with Gasteiger partial charge in [-0.3, -0.25) is 0 Å². The Bertz CT molecular complexity index is 923. The molecule has 0 saturated carbocycles. The Hall–Kier alpha value is -2.61. The zero-order chi connectivity index (χ0) is 18.1. The van der Waals surface area contributed by atoms with E-state index in [1.54, 1.807) is 17.5 Å². The van der Waals surface area contributed by atoms with Crippen LogP contribution in [0, 0.1) is 20.8 Å². The molecule has 26 heavy (non-hydrogen) atoms. The molecule has 7 nitrogen and oxygen atoms in total. The molecule has 0 amide bonds. The first kappa shape index (κ1) is 16.8. The van der Waals surface area contributed by atoms with Crippen LogP contribution in [0.3, 0.4) is 0 Å². The molecule has 1 atom stereocenters. The van der Waals surface area contributed by atoms with Gasteiger partial charge in [-0.1, -0.05) is 0 Å². The Morgan fingerprint density at radius 2 is 1.92 bits per heavy atom. The first-order valence-electron chi connectivity index (χ1n) is 8.67. The van der Waals surface area contributed by atoms with Crippen molar-refractivity contribution in [3.8, 4) is 10.6 Å². The van der Waals surface area contributed by atoms with Gasteiger partial charge in [0.25, 0.3) is 0 Å². The van der Waals surface area contributed by atoms with Crippen LogP contribution in [-0.4, -0.2) is 44.1 Å². The summed E-state index contributed by atoms with van der Waals surface area (Å²) in [4.78, 5) is 25.8. The van der Waals surface area contributed by atoms with Crippen molar-refractivity contribution in [1.29, 1.82) is 0 Å². The summed E-state index contributed by atoms with van der Waals surface area (Å²) in [7, 11) is 0. The number of aryl methyl sites for hydroxylation is 3. The van der Waals surface area contributed by atoms with E-state index in [0.717, 1.165) is 52.4 Å². The number of nitrogens with zero attached hydrogens (tertiary/aromatic N) is 6. The van der Waals surface area contributed by atoms with Gasteiger partial charge in [0.05, 0.1) is 21.3 Å². The monoisotopic (exact) mass is 367 g/mol. The van der Waals surface area contributed by atoms with Crippen LogP contribution in [-0.2, 0) is 0 Å². The van der Waals surface area contributed by atoms with Gasteiger partial charge in [0.1, 0.15) is 0 Å². The highest BCUT2D eigenvalue weighted by Crippen LogP contribution is 2.29. The number of hydrogen-bond donors (Lipinski definition) is 1. The predicted molar refractivity (Wildman–Crippen MR) is 104 cm³/mol. The summed E-state index contributed by atoms with van der Waals surface area (Å²) in [5.74, 6) is 1.45. The fourth-order valence-corrected chi connectivity index (χ4v) is 4.05. The number of thiazole rings is 1. The third kappa shape index (κ3) is 3.50. The van der Waals surface area contributed by atoms with Gasteiger partial charge in [-0.2, -0.15) is 0 Å². The minimum absolute atomic E-state index is 0.288. The molecule has 0 spiro atoms. The average molecular weight is 367 g/mol. The smallest absolute Gasteiger partial charge is 0.225 e. The lowest BCUT2D eigenvalue weighted by molar-refractivity contribution is 0.788. The van der Waals surface area contributed by atoms with E-state index < -0.39 is 0 Å². The molecule has 1 saturated heterocycles. The second-order valence-electron chi connectivity index (χ2n) is 6.49. The number of rotatable bonds is 4. The van der Waals surface area contributed by atoms with Crippen molar-refractivity contribution in [2.24, 2.45) is 0 Å². The van der Waals surface area contributed by atoms with E-state index in [1.165, 1.54) is 0 Å². The van der Waals surface area contributed by atoms with Gasteiger partial charge in [-0.25, -0.2) is 24.9 Å². The summed E-state index contributed by atoms with van der Waals surface area (Å²) >= 11 is 1.67. The largest absolute Gasteiger partial charge is 0.350 e.